The zero-order valence-corrected chi connectivity index (χ0v) is 15.0. The highest BCUT2D eigenvalue weighted by Crippen LogP contribution is 2.21. The molecule has 5 nitrogen and oxygen atoms in total. The Morgan fingerprint density at radius 2 is 1.88 bits per heavy atom. The molecule has 0 aliphatic rings. The number of aromatic amines is 1. The summed E-state index contributed by atoms with van der Waals surface area (Å²) in [7, 11) is 0. The second kappa shape index (κ2) is 7.53. The number of hydrogen-bond donors (Lipinski definition) is 2. The van der Waals surface area contributed by atoms with Crippen LogP contribution in [0.1, 0.15) is 46.0 Å². The molecule has 2 aromatic rings. The van der Waals surface area contributed by atoms with Crippen molar-refractivity contribution in [2.24, 2.45) is 0 Å². The second-order valence-corrected chi connectivity index (χ2v) is 6.02. The number of aryl methyl sites for hydroxylation is 1. The molecule has 2 N–H and O–H groups in total. The first-order chi connectivity index (χ1) is 11.3. The standard InChI is InChI=1S/C18H21ClN2O3/c1-5-24-18(23)15-10(2)16(21-11(15)3)17(22)12(4)20-14-8-6-13(19)7-9-14/h6-9,12,20-21H,5H2,1-4H3/t12-/m1/s1. The maximum absolute atomic E-state index is 12.7. The normalized spacial score (nSPS) is 11.9. The number of nitrogens with one attached hydrogen (secondary N) is 2. The molecule has 1 heterocycles. The number of rotatable bonds is 6. The van der Waals surface area contributed by atoms with Crippen LogP contribution in [0.3, 0.4) is 0 Å². The summed E-state index contributed by atoms with van der Waals surface area (Å²) in [5.74, 6) is -0.540. The van der Waals surface area contributed by atoms with Crippen molar-refractivity contribution in [2.45, 2.75) is 33.7 Å². The molecule has 0 bridgehead atoms. The number of hydrogen-bond acceptors (Lipinski definition) is 4. The number of ketones is 1. The monoisotopic (exact) mass is 348 g/mol. The van der Waals surface area contributed by atoms with Gasteiger partial charge in [-0.15, -0.1) is 0 Å². The summed E-state index contributed by atoms with van der Waals surface area (Å²) >= 11 is 5.86. The predicted octanol–water partition coefficient (Wildman–Crippen LogP) is 4.14. The summed E-state index contributed by atoms with van der Waals surface area (Å²) < 4.78 is 5.05. The smallest absolute Gasteiger partial charge is 0.340 e. The largest absolute Gasteiger partial charge is 0.462 e. The third-order valence-corrected chi connectivity index (χ3v) is 4.04. The fourth-order valence-electron chi connectivity index (χ4n) is 2.58. The highest BCUT2D eigenvalue weighted by Gasteiger charge is 2.25. The van der Waals surface area contributed by atoms with Crippen LogP contribution in [0, 0.1) is 13.8 Å². The Kier molecular flexibility index (Phi) is 5.67. The number of halogens is 1. The van der Waals surface area contributed by atoms with E-state index < -0.39 is 12.0 Å². The minimum atomic E-state index is -0.460. The third-order valence-electron chi connectivity index (χ3n) is 3.78. The van der Waals surface area contributed by atoms with Crippen LogP contribution in [0.15, 0.2) is 24.3 Å². The lowest BCUT2D eigenvalue weighted by molar-refractivity contribution is 0.0525. The quantitative estimate of drug-likeness (QED) is 0.607. The Labute approximate surface area is 146 Å². The molecule has 24 heavy (non-hydrogen) atoms. The first-order valence-corrected chi connectivity index (χ1v) is 8.15. The lowest BCUT2D eigenvalue weighted by atomic mass is 10.0. The molecule has 0 spiro atoms. The summed E-state index contributed by atoms with van der Waals surface area (Å²) in [6, 6.07) is 6.66. The van der Waals surface area contributed by atoms with Crippen LogP contribution in [0.5, 0.6) is 0 Å². The van der Waals surface area contributed by atoms with Gasteiger partial charge in [-0.1, -0.05) is 11.6 Å². The molecular formula is C18H21ClN2O3. The van der Waals surface area contributed by atoms with E-state index in [0.717, 1.165) is 5.69 Å². The number of Topliss-reactive ketones (excluding diaryl/α,β-unsaturated/α-hetero) is 1. The molecule has 2 rings (SSSR count). The van der Waals surface area contributed by atoms with Crippen molar-refractivity contribution in [1.82, 2.24) is 4.98 Å². The minimum absolute atomic E-state index is 0.124. The summed E-state index contributed by atoms with van der Waals surface area (Å²) in [4.78, 5) is 27.8. The molecule has 0 aliphatic carbocycles. The van der Waals surface area contributed by atoms with E-state index in [1.807, 2.05) is 12.1 Å². The fourth-order valence-corrected chi connectivity index (χ4v) is 2.71. The van der Waals surface area contributed by atoms with Crippen LogP contribution < -0.4 is 5.32 Å². The molecule has 0 saturated carbocycles. The predicted molar refractivity (Wildman–Crippen MR) is 95.1 cm³/mol. The van der Waals surface area contributed by atoms with E-state index in [0.29, 0.717) is 34.1 Å². The molecule has 0 aliphatic heterocycles. The molecule has 0 unspecified atom stereocenters. The molecule has 1 aromatic carbocycles. The zero-order valence-electron chi connectivity index (χ0n) is 14.2. The SMILES string of the molecule is CCOC(=O)c1c(C)[nH]c(C(=O)[C@@H](C)Nc2ccc(Cl)cc2)c1C. The van der Waals surface area contributed by atoms with Crippen LogP contribution >= 0.6 is 11.6 Å². The number of carbonyl (C=O) groups excluding carboxylic acids is 2. The molecule has 0 amide bonds. The molecule has 0 radical (unpaired) electrons. The Hall–Kier alpha value is -2.27. The van der Waals surface area contributed by atoms with Gasteiger partial charge in [-0.25, -0.2) is 4.79 Å². The average molecular weight is 349 g/mol. The lowest BCUT2D eigenvalue weighted by Crippen LogP contribution is -2.27. The van der Waals surface area contributed by atoms with Gasteiger partial charge in [0.05, 0.1) is 23.9 Å². The third kappa shape index (κ3) is 3.79. The van der Waals surface area contributed by atoms with Crippen molar-refractivity contribution in [3.05, 3.63) is 51.8 Å². The van der Waals surface area contributed by atoms with Gasteiger partial charge in [-0.05, 0) is 57.5 Å². The van der Waals surface area contributed by atoms with Gasteiger partial charge in [-0.3, -0.25) is 4.79 Å². The van der Waals surface area contributed by atoms with Crippen molar-refractivity contribution >= 4 is 29.0 Å². The fraction of sp³-hybridized carbons (Fsp3) is 0.333. The topological polar surface area (TPSA) is 71.2 Å². The summed E-state index contributed by atoms with van der Waals surface area (Å²) in [5.41, 5.74) is 2.89. The highest BCUT2D eigenvalue weighted by atomic mass is 35.5. The summed E-state index contributed by atoms with van der Waals surface area (Å²) in [6.07, 6.45) is 0. The zero-order chi connectivity index (χ0) is 17.9. The van der Waals surface area contributed by atoms with E-state index >= 15 is 0 Å². The number of carbonyl (C=O) groups is 2. The van der Waals surface area contributed by atoms with Crippen molar-refractivity contribution in [3.8, 4) is 0 Å². The van der Waals surface area contributed by atoms with E-state index in [2.05, 4.69) is 10.3 Å². The molecule has 128 valence electrons. The van der Waals surface area contributed by atoms with Crippen molar-refractivity contribution < 1.29 is 14.3 Å². The minimum Gasteiger partial charge on any atom is -0.462 e. The van der Waals surface area contributed by atoms with Gasteiger partial charge in [-0.2, -0.15) is 0 Å². The summed E-state index contributed by atoms with van der Waals surface area (Å²) in [6.45, 7) is 7.32. The number of ether oxygens (including phenoxy) is 1. The molecule has 1 aromatic heterocycles. The van der Waals surface area contributed by atoms with Gasteiger partial charge in [0.15, 0.2) is 0 Å². The summed E-state index contributed by atoms with van der Waals surface area (Å²) in [5, 5.41) is 3.77. The van der Waals surface area contributed by atoms with Gasteiger partial charge in [0.2, 0.25) is 5.78 Å². The van der Waals surface area contributed by atoms with E-state index in [9.17, 15) is 9.59 Å². The van der Waals surface area contributed by atoms with Crippen LogP contribution in [-0.2, 0) is 4.74 Å². The first kappa shape index (κ1) is 18.1. The van der Waals surface area contributed by atoms with Gasteiger partial charge in [0, 0.05) is 16.4 Å². The van der Waals surface area contributed by atoms with Crippen LogP contribution in [0.25, 0.3) is 0 Å². The van der Waals surface area contributed by atoms with E-state index in [1.165, 1.54) is 0 Å². The Bertz CT molecular complexity index is 750. The first-order valence-electron chi connectivity index (χ1n) is 7.77. The second-order valence-electron chi connectivity index (χ2n) is 5.58. The molecular weight excluding hydrogens is 328 g/mol. The van der Waals surface area contributed by atoms with Crippen molar-refractivity contribution in [3.63, 3.8) is 0 Å². The van der Waals surface area contributed by atoms with Gasteiger partial charge >= 0.3 is 5.97 Å². The number of aromatic nitrogens is 1. The van der Waals surface area contributed by atoms with E-state index in [4.69, 9.17) is 16.3 Å². The number of benzene rings is 1. The highest BCUT2D eigenvalue weighted by molar-refractivity contribution is 6.30. The Morgan fingerprint density at radius 3 is 2.46 bits per heavy atom. The maximum Gasteiger partial charge on any atom is 0.340 e. The van der Waals surface area contributed by atoms with Gasteiger partial charge in [0.25, 0.3) is 0 Å². The van der Waals surface area contributed by atoms with E-state index in [1.54, 1.807) is 39.8 Å². The van der Waals surface area contributed by atoms with Crippen LogP contribution in [0.2, 0.25) is 5.02 Å². The number of anilines is 1. The molecule has 1 atom stereocenters. The Morgan fingerprint density at radius 1 is 1.25 bits per heavy atom. The lowest BCUT2D eigenvalue weighted by Gasteiger charge is -2.14. The van der Waals surface area contributed by atoms with Gasteiger partial charge < -0.3 is 15.0 Å². The number of H-pyrrole nitrogens is 1. The van der Waals surface area contributed by atoms with E-state index in [-0.39, 0.29) is 5.78 Å². The van der Waals surface area contributed by atoms with Crippen LogP contribution in [0.4, 0.5) is 5.69 Å². The molecule has 0 saturated heterocycles. The maximum atomic E-state index is 12.7. The molecule has 0 fully saturated rings. The Balaban J connectivity index is 2.21. The average Bonchev–Trinajstić information content (AvgIpc) is 2.83. The van der Waals surface area contributed by atoms with Crippen molar-refractivity contribution in [1.29, 1.82) is 0 Å². The van der Waals surface area contributed by atoms with Crippen molar-refractivity contribution in [2.75, 3.05) is 11.9 Å². The van der Waals surface area contributed by atoms with Gasteiger partial charge in [0.1, 0.15) is 0 Å². The number of esters is 1. The molecule has 6 heteroatoms. The van der Waals surface area contributed by atoms with Crippen LogP contribution in [-0.4, -0.2) is 29.4 Å².